The highest BCUT2D eigenvalue weighted by Crippen LogP contribution is 2.28. The SMILES string of the molecule is Cc1ccc2nc(-c3cc(Cl)ccc3I)[nH]c2c1. The molecule has 0 atom stereocenters. The summed E-state index contributed by atoms with van der Waals surface area (Å²) in [5.41, 5.74) is 4.29. The normalized spacial score (nSPS) is 11.1. The third-order valence-electron chi connectivity index (χ3n) is 2.82. The number of aromatic nitrogens is 2. The molecule has 0 unspecified atom stereocenters. The fourth-order valence-electron chi connectivity index (χ4n) is 1.93. The zero-order valence-electron chi connectivity index (χ0n) is 9.67. The molecule has 3 aromatic rings. The molecule has 0 saturated heterocycles. The van der Waals surface area contributed by atoms with Gasteiger partial charge in [-0.15, -0.1) is 0 Å². The number of fused-ring (bicyclic) bond motifs is 1. The van der Waals surface area contributed by atoms with Crippen LogP contribution in [0.2, 0.25) is 5.02 Å². The number of hydrogen-bond acceptors (Lipinski definition) is 1. The summed E-state index contributed by atoms with van der Waals surface area (Å²) in [4.78, 5) is 7.95. The zero-order chi connectivity index (χ0) is 12.7. The molecule has 1 N–H and O–H groups in total. The van der Waals surface area contributed by atoms with Gasteiger partial charge in [-0.3, -0.25) is 0 Å². The average Bonchev–Trinajstić information content (AvgIpc) is 2.74. The number of imidazole rings is 1. The summed E-state index contributed by atoms with van der Waals surface area (Å²) < 4.78 is 1.13. The van der Waals surface area contributed by atoms with Gasteiger partial charge in [0, 0.05) is 14.2 Å². The van der Waals surface area contributed by atoms with Gasteiger partial charge in [-0.2, -0.15) is 0 Å². The fraction of sp³-hybridized carbons (Fsp3) is 0.0714. The molecular weight excluding hydrogens is 359 g/mol. The number of aryl methyl sites for hydroxylation is 1. The Balaban J connectivity index is 2.22. The van der Waals surface area contributed by atoms with Gasteiger partial charge in [-0.05, 0) is 65.4 Å². The number of halogens is 2. The Morgan fingerprint density at radius 3 is 2.83 bits per heavy atom. The van der Waals surface area contributed by atoms with E-state index in [0.29, 0.717) is 0 Å². The highest BCUT2D eigenvalue weighted by Gasteiger charge is 2.09. The van der Waals surface area contributed by atoms with Gasteiger partial charge in [0.2, 0.25) is 0 Å². The Morgan fingerprint density at radius 2 is 2.00 bits per heavy atom. The number of H-pyrrole nitrogens is 1. The molecule has 2 nitrogen and oxygen atoms in total. The zero-order valence-corrected chi connectivity index (χ0v) is 12.6. The van der Waals surface area contributed by atoms with Crippen molar-refractivity contribution in [1.82, 2.24) is 9.97 Å². The lowest BCUT2D eigenvalue weighted by Gasteiger charge is -2.01. The quantitative estimate of drug-likeness (QED) is 0.614. The average molecular weight is 369 g/mol. The van der Waals surface area contributed by atoms with Gasteiger partial charge in [0.1, 0.15) is 5.82 Å². The minimum Gasteiger partial charge on any atom is -0.338 e. The van der Waals surface area contributed by atoms with Crippen LogP contribution in [0, 0.1) is 10.5 Å². The van der Waals surface area contributed by atoms with Crippen LogP contribution in [-0.2, 0) is 0 Å². The molecule has 0 aliphatic rings. The molecule has 4 heteroatoms. The van der Waals surface area contributed by atoms with Gasteiger partial charge < -0.3 is 4.98 Å². The standard InChI is InChI=1S/C14H10ClIN2/c1-8-2-5-12-13(6-8)18-14(17-12)10-7-9(15)3-4-11(10)16/h2-7H,1H3,(H,17,18). The molecule has 18 heavy (non-hydrogen) atoms. The molecule has 2 aromatic carbocycles. The molecule has 1 aromatic heterocycles. The van der Waals surface area contributed by atoms with Crippen molar-refractivity contribution in [2.24, 2.45) is 0 Å². The van der Waals surface area contributed by atoms with E-state index in [-0.39, 0.29) is 0 Å². The lowest BCUT2D eigenvalue weighted by molar-refractivity contribution is 1.33. The predicted molar refractivity (Wildman–Crippen MR) is 84.0 cm³/mol. The predicted octanol–water partition coefficient (Wildman–Crippen LogP) is 4.80. The number of nitrogens with one attached hydrogen (secondary N) is 1. The van der Waals surface area contributed by atoms with Crippen LogP contribution >= 0.6 is 34.2 Å². The summed E-state index contributed by atoms with van der Waals surface area (Å²) in [6.45, 7) is 2.07. The second-order valence-electron chi connectivity index (χ2n) is 4.23. The van der Waals surface area contributed by atoms with E-state index in [1.165, 1.54) is 5.56 Å². The van der Waals surface area contributed by atoms with E-state index in [0.717, 1.165) is 31.0 Å². The number of hydrogen-bond donors (Lipinski definition) is 1. The lowest BCUT2D eigenvalue weighted by atomic mass is 10.2. The monoisotopic (exact) mass is 368 g/mol. The minimum absolute atomic E-state index is 0.724. The first-order valence-electron chi connectivity index (χ1n) is 5.55. The van der Waals surface area contributed by atoms with Crippen LogP contribution in [-0.4, -0.2) is 9.97 Å². The number of nitrogens with zero attached hydrogens (tertiary/aromatic N) is 1. The van der Waals surface area contributed by atoms with Crippen molar-refractivity contribution in [2.45, 2.75) is 6.92 Å². The molecule has 0 fully saturated rings. The van der Waals surface area contributed by atoms with E-state index in [1.54, 1.807) is 0 Å². The third kappa shape index (κ3) is 2.12. The number of aromatic amines is 1. The van der Waals surface area contributed by atoms with E-state index in [9.17, 15) is 0 Å². The molecule has 1 heterocycles. The summed E-state index contributed by atoms with van der Waals surface area (Å²) in [5.74, 6) is 0.863. The van der Waals surface area contributed by atoms with Crippen molar-refractivity contribution in [2.75, 3.05) is 0 Å². The molecule has 3 rings (SSSR count). The van der Waals surface area contributed by atoms with Crippen LogP contribution in [0.1, 0.15) is 5.56 Å². The van der Waals surface area contributed by atoms with Crippen LogP contribution in [0.25, 0.3) is 22.4 Å². The topological polar surface area (TPSA) is 28.7 Å². The molecule has 0 radical (unpaired) electrons. The van der Waals surface area contributed by atoms with Gasteiger partial charge in [-0.1, -0.05) is 17.7 Å². The van der Waals surface area contributed by atoms with Crippen LogP contribution in [0.4, 0.5) is 0 Å². The molecule has 0 aliphatic heterocycles. The van der Waals surface area contributed by atoms with Crippen LogP contribution < -0.4 is 0 Å². The summed E-state index contributed by atoms with van der Waals surface area (Å²) >= 11 is 8.34. The van der Waals surface area contributed by atoms with E-state index in [1.807, 2.05) is 24.3 Å². The third-order valence-corrected chi connectivity index (χ3v) is 4.00. The van der Waals surface area contributed by atoms with Gasteiger partial charge in [0.05, 0.1) is 11.0 Å². The van der Waals surface area contributed by atoms with Crippen LogP contribution in [0.15, 0.2) is 36.4 Å². The highest BCUT2D eigenvalue weighted by molar-refractivity contribution is 14.1. The number of benzene rings is 2. The second-order valence-corrected chi connectivity index (χ2v) is 5.83. The van der Waals surface area contributed by atoms with Gasteiger partial charge in [0.15, 0.2) is 0 Å². The maximum atomic E-state index is 6.05. The maximum absolute atomic E-state index is 6.05. The minimum atomic E-state index is 0.724. The molecule has 0 amide bonds. The van der Waals surface area contributed by atoms with E-state index in [2.05, 4.69) is 51.6 Å². The van der Waals surface area contributed by atoms with E-state index < -0.39 is 0 Å². The summed E-state index contributed by atoms with van der Waals surface area (Å²) in [6, 6.07) is 12.0. The van der Waals surface area contributed by atoms with Crippen molar-refractivity contribution < 1.29 is 0 Å². The molecule has 0 saturated carbocycles. The largest absolute Gasteiger partial charge is 0.338 e. The molecule has 0 aliphatic carbocycles. The van der Waals surface area contributed by atoms with Crippen LogP contribution in [0.5, 0.6) is 0 Å². The van der Waals surface area contributed by atoms with E-state index >= 15 is 0 Å². The first kappa shape index (κ1) is 12.0. The summed E-state index contributed by atoms with van der Waals surface area (Å²) in [7, 11) is 0. The Hall–Kier alpha value is -1.07. The van der Waals surface area contributed by atoms with Crippen molar-refractivity contribution >= 4 is 45.2 Å². The van der Waals surface area contributed by atoms with Crippen molar-refractivity contribution in [3.63, 3.8) is 0 Å². The lowest BCUT2D eigenvalue weighted by Crippen LogP contribution is -1.84. The molecular formula is C14H10ClIN2. The highest BCUT2D eigenvalue weighted by atomic mass is 127. The Morgan fingerprint density at radius 1 is 1.17 bits per heavy atom. The maximum Gasteiger partial charge on any atom is 0.139 e. The summed E-state index contributed by atoms with van der Waals surface area (Å²) in [6.07, 6.45) is 0. The fourth-order valence-corrected chi connectivity index (χ4v) is 2.69. The molecule has 90 valence electrons. The van der Waals surface area contributed by atoms with Gasteiger partial charge >= 0.3 is 0 Å². The first-order valence-corrected chi connectivity index (χ1v) is 7.01. The summed E-state index contributed by atoms with van der Waals surface area (Å²) in [5, 5.41) is 0.724. The molecule has 0 spiro atoms. The first-order chi connectivity index (χ1) is 8.63. The van der Waals surface area contributed by atoms with Crippen molar-refractivity contribution in [1.29, 1.82) is 0 Å². The number of rotatable bonds is 1. The van der Waals surface area contributed by atoms with E-state index in [4.69, 9.17) is 11.6 Å². The smallest absolute Gasteiger partial charge is 0.139 e. The second kappa shape index (κ2) is 4.55. The molecule has 0 bridgehead atoms. The van der Waals surface area contributed by atoms with Crippen molar-refractivity contribution in [3.8, 4) is 11.4 Å². The van der Waals surface area contributed by atoms with Crippen LogP contribution in [0.3, 0.4) is 0 Å². The Bertz CT molecular complexity index is 734. The Labute approximate surface area is 124 Å². The van der Waals surface area contributed by atoms with Gasteiger partial charge in [-0.25, -0.2) is 4.98 Å². The van der Waals surface area contributed by atoms with Crippen molar-refractivity contribution in [3.05, 3.63) is 50.6 Å². The Kier molecular flexibility index (Phi) is 3.03. The van der Waals surface area contributed by atoms with Gasteiger partial charge in [0.25, 0.3) is 0 Å².